The van der Waals surface area contributed by atoms with E-state index in [-0.39, 0.29) is 23.0 Å². The molecule has 228 valence electrons. The summed E-state index contributed by atoms with van der Waals surface area (Å²) in [5.41, 5.74) is 4.01. The average Bonchev–Trinajstić information content (AvgIpc) is 3.74. The van der Waals surface area contributed by atoms with Crippen molar-refractivity contribution in [3.63, 3.8) is 0 Å². The van der Waals surface area contributed by atoms with Gasteiger partial charge in [-0.3, -0.25) is 19.8 Å². The normalized spacial score (nSPS) is 11.4. The number of carbonyl (C=O) groups is 1. The van der Waals surface area contributed by atoms with Crippen molar-refractivity contribution in [2.24, 2.45) is 5.92 Å². The van der Waals surface area contributed by atoms with Crippen LogP contribution in [0.15, 0.2) is 111 Å². The lowest BCUT2D eigenvalue weighted by atomic mass is 9.89. The summed E-state index contributed by atoms with van der Waals surface area (Å²) < 4.78 is 14.7. The average molecular weight is 603 g/mol. The van der Waals surface area contributed by atoms with E-state index in [0.29, 0.717) is 57.6 Å². The standard InChI is InChI=1S/C36H34N4O5/c1-22(2)21-44-36(43)26-17-15-25(16-18-26)29-19-20-30(45-29)33(31-23(3)37-39(34(31)41)27-11-7-5-8-12-27)32-24(4)38-40(35(32)42)28-13-9-6-10-14-28/h5-20,22,33,37-38H,21H2,1-4H3. The Kier molecular flexibility index (Phi) is 8.00. The Balaban J connectivity index is 1.46. The molecule has 0 unspecified atom stereocenters. The largest absolute Gasteiger partial charge is 0.462 e. The van der Waals surface area contributed by atoms with Gasteiger partial charge >= 0.3 is 5.97 Å². The van der Waals surface area contributed by atoms with Gasteiger partial charge in [-0.05, 0) is 68.3 Å². The molecule has 3 heterocycles. The highest BCUT2D eigenvalue weighted by molar-refractivity contribution is 5.90. The lowest BCUT2D eigenvalue weighted by molar-refractivity contribution is 0.0459. The number of benzene rings is 3. The van der Waals surface area contributed by atoms with E-state index >= 15 is 0 Å². The number of nitrogens with zero attached hydrogens (tertiary/aromatic N) is 2. The summed E-state index contributed by atoms with van der Waals surface area (Å²) in [6.45, 7) is 7.95. The van der Waals surface area contributed by atoms with Gasteiger partial charge in [0, 0.05) is 17.0 Å². The van der Waals surface area contributed by atoms with Gasteiger partial charge in [0.05, 0.1) is 40.6 Å². The number of ether oxygens (including phenoxy) is 1. The van der Waals surface area contributed by atoms with E-state index in [9.17, 15) is 14.4 Å². The van der Waals surface area contributed by atoms with E-state index in [4.69, 9.17) is 9.15 Å². The quantitative estimate of drug-likeness (QED) is 0.183. The minimum absolute atomic E-state index is 0.239. The number of furan rings is 1. The lowest BCUT2D eigenvalue weighted by Gasteiger charge is -2.13. The van der Waals surface area contributed by atoms with Crippen LogP contribution in [0, 0.1) is 19.8 Å². The molecule has 9 nitrogen and oxygen atoms in total. The van der Waals surface area contributed by atoms with Gasteiger partial charge in [0.15, 0.2) is 0 Å². The number of esters is 1. The molecular formula is C36H34N4O5. The van der Waals surface area contributed by atoms with Crippen LogP contribution in [0.1, 0.15) is 58.4 Å². The second-order valence-corrected chi connectivity index (χ2v) is 11.5. The zero-order valence-corrected chi connectivity index (χ0v) is 25.5. The summed E-state index contributed by atoms with van der Waals surface area (Å²) in [4.78, 5) is 40.6. The van der Waals surface area contributed by atoms with E-state index in [0.717, 1.165) is 5.56 Å². The molecule has 2 N–H and O–H groups in total. The maximum absolute atomic E-state index is 14.1. The Morgan fingerprint density at radius 1 is 0.733 bits per heavy atom. The molecule has 0 amide bonds. The Bertz CT molecular complexity index is 1960. The summed E-state index contributed by atoms with van der Waals surface area (Å²) in [5.74, 6) is 0.00954. The summed E-state index contributed by atoms with van der Waals surface area (Å²) in [6.07, 6.45) is 0. The highest BCUT2D eigenvalue weighted by Crippen LogP contribution is 2.35. The van der Waals surface area contributed by atoms with Crippen molar-refractivity contribution < 1.29 is 13.9 Å². The number of carbonyl (C=O) groups excluding carboxylic acids is 1. The first-order chi connectivity index (χ1) is 21.7. The molecule has 0 aliphatic heterocycles. The second kappa shape index (κ2) is 12.2. The molecule has 0 aliphatic carbocycles. The van der Waals surface area contributed by atoms with Gasteiger partial charge in [0.1, 0.15) is 11.5 Å². The Morgan fingerprint density at radius 3 is 1.73 bits per heavy atom. The van der Waals surface area contributed by atoms with Gasteiger partial charge in [-0.1, -0.05) is 62.4 Å². The molecule has 0 fully saturated rings. The lowest BCUT2D eigenvalue weighted by Crippen LogP contribution is -2.25. The summed E-state index contributed by atoms with van der Waals surface area (Å²) in [6, 6.07) is 29.1. The Hall–Kier alpha value is -5.57. The van der Waals surface area contributed by atoms with Crippen LogP contribution in [-0.2, 0) is 4.74 Å². The van der Waals surface area contributed by atoms with Crippen LogP contribution in [0.3, 0.4) is 0 Å². The van der Waals surface area contributed by atoms with Gasteiger partial charge in [-0.2, -0.15) is 0 Å². The third-order valence-electron chi connectivity index (χ3n) is 7.70. The first-order valence-corrected chi connectivity index (χ1v) is 14.8. The number of para-hydroxylation sites is 2. The van der Waals surface area contributed by atoms with Gasteiger partial charge < -0.3 is 9.15 Å². The molecule has 0 spiro atoms. The number of hydrogen-bond donors (Lipinski definition) is 2. The van der Waals surface area contributed by atoms with Crippen LogP contribution in [0.5, 0.6) is 0 Å². The Labute approximate surface area is 259 Å². The summed E-state index contributed by atoms with van der Waals surface area (Å²) in [5, 5.41) is 6.40. The van der Waals surface area contributed by atoms with Crippen molar-refractivity contribution in [1.29, 1.82) is 0 Å². The molecule has 6 aromatic rings. The smallest absolute Gasteiger partial charge is 0.338 e. The van der Waals surface area contributed by atoms with E-state index in [1.54, 1.807) is 30.3 Å². The predicted octanol–water partition coefficient (Wildman–Crippen LogP) is 6.51. The number of aromatic amines is 2. The van der Waals surface area contributed by atoms with Crippen LogP contribution < -0.4 is 11.1 Å². The van der Waals surface area contributed by atoms with Crippen LogP contribution in [0.25, 0.3) is 22.7 Å². The van der Waals surface area contributed by atoms with E-state index in [1.807, 2.05) is 94.4 Å². The monoisotopic (exact) mass is 602 g/mol. The minimum atomic E-state index is -0.813. The fourth-order valence-electron chi connectivity index (χ4n) is 5.51. The molecule has 0 saturated carbocycles. The summed E-state index contributed by atoms with van der Waals surface area (Å²) in [7, 11) is 0. The molecule has 0 bridgehead atoms. The number of hydrogen-bond acceptors (Lipinski definition) is 5. The SMILES string of the molecule is Cc1[nH]n(-c2ccccc2)c(=O)c1C(c1ccc(-c2ccc(C(=O)OCC(C)C)cc2)o1)c1c(C)[nH]n(-c2ccccc2)c1=O. The number of H-pyrrole nitrogens is 2. The maximum atomic E-state index is 14.1. The fraction of sp³-hybridized carbons (Fsp3) is 0.194. The molecule has 3 aromatic carbocycles. The topological polar surface area (TPSA) is 115 Å². The molecule has 0 aliphatic rings. The first-order valence-electron chi connectivity index (χ1n) is 14.8. The van der Waals surface area contributed by atoms with E-state index in [2.05, 4.69) is 10.2 Å². The van der Waals surface area contributed by atoms with Gasteiger partial charge in [-0.25, -0.2) is 14.2 Å². The van der Waals surface area contributed by atoms with Crippen molar-refractivity contribution in [1.82, 2.24) is 19.6 Å². The van der Waals surface area contributed by atoms with Crippen molar-refractivity contribution in [2.45, 2.75) is 33.6 Å². The second-order valence-electron chi connectivity index (χ2n) is 11.5. The van der Waals surface area contributed by atoms with Crippen molar-refractivity contribution in [3.05, 3.63) is 152 Å². The minimum Gasteiger partial charge on any atom is -0.462 e. The maximum Gasteiger partial charge on any atom is 0.338 e. The van der Waals surface area contributed by atoms with Gasteiger partial charge in [0.2, 0.25) is 0 Å². The first kappa shape index (κ1) is 29.5. The molecule has 3 aromatic heterocycles. The number of nitrogens with one attached hydrogen (secondary N) is 2. The molecule has 6 rings (SSSR count). The van der Waals surface area contributed by atoms with Crippen LogP contribution in [0.2, 0.25) is 0 Å². The van der Waals surface area contributed by atoms with Crippen molar-refractivity contribution in [3.8, 4) is 22.7 Å². The molecule has 0 radical (unpaired) electrons. The van der Waals surface area contributed by atoms with Crippen molar-refractivity contribution in [2.75, 3.05) is 6.61 Å². The van der Waals surface area contributed by atoms with E-state index in [1.165, 1.54) is 9.36 Å². The highest BCUT2D eigenvalue weighted by atomic mass is 16.5. The third-order valence-corrected chi connectivity index (χ3v) is 7.70. The zero-order valence-electron chi connectivity index (χ0n) is 25.5. The molecule has 0 atom stereocenters. The van der Waals surface area contributed by atoms with Crippen LogP contribution in [0.4, 0.5) is 0 Å². The molecule has 9 heteroatoms. The van der Waals surface area contributed by atoms with Crippen molar-refractivity contribution >= 4 is 5.97 Å². The Morgan fingerprint density at radius 2 is 1.24 bits per heavy atom. The summed E-state index contributed by atoms with van der Waals surface area (Å²) >= 11 is 0. The molecule has 0 saturated heterocycles. The highest BCUT2D eigenvalue weighted by Gasteiger charge is 2.33. The van der Waals surface area contributed by atoms with E-state index < -0.39 is 5.92 Å². The third kappa shape index (κ3) is 5.72. The van der Waals surface area contributed by atoms with Gasteiger partial charge in [-0.15, -0.1) is 0 Å². The number of rotatable bonds is 9. The zero-order chi connectivity index (χ0) is 31.7. The molecule has 45 heavy (non-hydrogen) atoms. The number of aromatic nitrogens is 4. The van der Waals surface area contributed by atoms with Crippen LogP contribution in [-0.4, -0.2) is 32.1 Å². The fourth-order valence-corrected chi connectivity index (χ4v) is 5.51. The predicted molar refractivity (Wildman–Crippen MR) is 172 cm³/mol. The van der Waals surface area contributed by atoms with Gasteiger partial charge in [0.25, 0.3) is 11.1 Å². The van der Waals surface area contributed by atoms with Crippen LogP contribution >= 0.6 is 0 Å². The number of aryl methyl sites for hydroxylation is 2. The molecular weight excluding hydrogens is 568 g/mol.